The summed E-state index contributed by atoms with van der Waals surface area (Å²) in [7, 11) is 1.78. The molecule has 0 atom stereocenters. The number of nitrogens with one attached hydrogen (secondary N) is 1. The van der Waals surface area contributed by atoms with Crippen LogP contribution in [0.15, 0.2) is 30.6 Å². The fourth-order valence-electron chi connectivity index (χ4n) is 3.21. The number of anilines is 1. The molecule has 1 aromatic heterocycles. The average Bonchev–Trinajstić information content (AvgIpc) is 3.11. The number of ether oxygens (including phenoxy) is 2. The standard InChI is InChI=1S/C17H19N3O3/c1-20-11-12(10-18-20)16(21)19-13-5-6-14-15(9-13)23-17(22-14)7-3-2-4-8-17/h5-6,9-11H,2-4,7-8H2,1H3,(H,19,21). The molecule has 0 bridgehead atoms. The lowest BCUT2D eigenvalue weighted by molar-refractivity contribution is -0.105. The molecule has 6 heteroatoms. The second-order valence-electron chi connectivity index (χ2n) is 6.19. The average molecular weight is 313 g/mol. The summed E-state index contributed by atoms with van der Waals surface area (Å²) in [6.07, 6.45) is 8.53. The Morgan fingerprint density at radius 3 is 2.74 bits per heavy atom. The lowest BCUT2D eigenvalue weighted by Gasteiger charge is -2.31. The van der Waals surface area contributed by atoms with Gasteiger partial charge in [-0.1, -0.05) is 6.42 Å². The zero-order valence-electron chi connectivity index (χ0n) is 13.0. The highest BCUT2D eigenvalue weighted by Crippen LogP contribution is 2.46. The molecule has 6 nitrogen and oxygen atoms in total. The summed E-state index contributed by atoms with van der Waals surface area (Å²) in [6, 6.07) is 5.52. The minimum Gasteiger partial charge on any atom is -0.448 e. The van der Waals surface area contributed by atoms with Crippen LogP contribution in [-0.2, 0) is 7.05 Å². The van der Waals surface area contributed by atoms with Crippen LogP contribution in [0.2, 0.25) is 0 Å². The number of rotatable bonds is 2. The van der Waals surface area contributed by atoms with E-state index in [1.807, 2.05) is 18.2 Å². The first kappa shape index (κ1) is 14.1. The number of aryl methyl sites for hydroxylation is 1. The summed E-state index contributed by atoms with van der Waals surface area (Å²) >= 11 is 0. The molecule has 23 heavy (non-hydrogen) atoms. The quantitative estimate of drug-likeness (QED) is 0.925. The first-order valence-electron chi connectivity index (χ1n) is 7.96. The van der Waals surface area contributed by atoms with Crippen molar-refractivity contribution in [3.8, 4) is 11.5 Å². The van der Waals surface area contributed by atoms with Crippen molar-refractivity contribution in [2.45, 2.75) is 37.9 Å². The van der Waals surface area contributed by atoms with E-state index in [0.717, 1.165) is 31.4 Å². The Labute approximate surface area is 134 Å². The molecule has 120 valence electrons. The minimum absolute atomic E-state index is 0.190. The SMILES string of the molecule is Cn1cc(C(=O)Nc2ccc3c(c2)OC2(CCCCC2)O3)cn1. The molecule has 1 aliphatic heterocycles. The molecule has 1 aliphatic carbocycles. The van der Waals surface area contributed by atoms with Crippen LogP contribution < -0.4 is 14.8 Å². The Balaban J connectivity index is 1.51. The van der Waals surface area contributed by atoms with Crippen molar-refractivity contribution in [3.63, 3.8) is 0 Å². The molecule has 4 rings (SSSR count). The molecule has 1 N–H and O–H groups in total. The van der Waals surface area contributed by atoms with Crippen molar-refractivity contribution in [1.29, 1.82) is 0 Å². The van der Waals surface area contributed by atoms with Crippen molar-refractivity contribution >= 4 is 11.6 Å². The van der Waals surface area contributed by atoms with Gasteiger partial charge in [0.1, 0.15) is 0 Å². The largest absolute Gasteiger partial charge is 0.448 e. The summed E-state index contributed by atoms with van der Waals surface area (Å²) in [6.45, 7) is 0. The Kier molecular flexibility index (Phi) is 3.25. The highest BCUT2D eigenvalue weighted by Gasteiger charge is 2.42. The number of aromatic nitrogens is 2. The van der Waals surface area contributed by atoms with Gasteiger partial charge in [0.2, 0.25) is 0 Å². The summed E-state index contributed by atoms with van der Waals surface area (Å²) in [5.74, 6) is 0.776. The van der Waals surface area contributed by atoms with E-state index in [1.165, 1.54) is 6.42 Å². The topological polar surface area (TPSA) is 65.4 Å². The van der Waals surface area contributed by atoms with E-state index < -0.39 is 5.79 Å². The molecular formula is C17H19N3O3. The van der Waals surface area contributed by atoms with E-state index >= 15 is 0 Å². The molecule has 1 spiro atoms. The minimum atomic E-state index is -0.493. The molecule has 1 saturated carbocycles. The summed E-state index contributed by atoms with van der Waals surface area (Å²) in [5, 5.41) is 6.87. The predicted octanol–water partition coefficient (Wildman–Crippen LogP) is 3.10. The number of fused-ring (bicyclic) bond motifs is 1. The van der Waals surface area contributed by atoms with E-state index in [9.17, 15) is 4.79 Å². The second-order valence-corrected chi connectivity index (χ2v) is 6.19. The molecule has 0 radical (unpaired) electrons. The van der Waals surface area contributed by atoms with Crippen LogP contribution in [0.25, 0.3) is 0 Å². The maximum atomic E-state index is 12.2. The highest BCUT2D eigenvalue weighted by atomic mass is 16.7. The van der Waals surface area contributed by atoms with Crippen molar-refractivity contribution in [2.24, 2.45) is 7.05 Å². The van der Waals surface area contributed by atoms with Gasteiger partial charge < -0.3 is 14.8 Å². The lowest BCUT2D eigenvalue weighted by Crippen LogP contribution is -2.40. The maximum Gasteiger partial charge on any atom is 0.258 e. The Hall–Kier alpha value is -2.50. The first-order valence-corrected chi connectivity index (χ1v) is 7.96. The van der Waals surface area contributed by atoms with Gasteiger partial charge in [-0.3, -0.25) is 9.48 Å². The number of hydrogen-bond acceptors (Lipinski definition) is 4. The van der Waals surface area contributed by atoms with Crippen LogP contribution in [0.3, 0.4) is 0 Å². The molecule has 2 heterocycles. The van der Waals surface area contributed by atoms with E-state index in [2.05, 4.69) is 10.4 Å². The fraction of sp³-hybridized carbons (Fsp3) is 0.412. The number of carbonyl (C=O) groups excluding carboxylic acids is 1. The normalized spacial score (nSPS) is 18.1. The van der Waals surface area contributed by atoms with Crippen molar-refractivity contribution < 1.29 is 14.3 Å². The number of nitrogens with zero attached hydrogens (tertiary/aromatic N) is 2. The van der Waals surface area contributed by atoms with Crippen LogP contribution in [-0.4, -0.2) is 21.5 Å². The highest BCUT2D eigenvalue weighted by molar-refractivity contribution is 6.04. The summed E-state index contributed by atoms with van der Waals surface area (Å²) in [5.41, 5.74) is 1.21. The third kappa shape index (κ3) is 2.65. The van der Waals surface area contributed by atoms with Crippen molar-refractivity contribution in [1.82, 2.24) is 9.78 Å². The van der Waals surface area contributed by atoms with Crippen molar-refractivity contribution in [2.75, 3.05) is 5.32 Å². The zero-order chi connectivity index (χ0) is 15.9. The molecule has 1 fully saturated rings. The van der Waals surface area contributed by atoms with Gasteiger partial charge in [0.05, 0.1) is 11.8 Å². The van der Waals surface area contributed by atoms with Gasteiger partial charge in [-0.05, 0) is 25.0 Å². The summed E-state index contributed by atoms with van der Waals surface area (Å²) < 4.78 is 13.7. The van der Waals surface area contributed by atoms with Gasteiger partial charge in [0.15, 0.2) is 11.5 Å². The van der Waals surface area contributed by atoms with E-state index in [0.29, 0.717) is 17.0 Å². The van der Waals surface area contributed by atoms with Gasteiger partial charge in [0, 0.05) is 37.8 Å². The van der Waals surface area contributed by atoms with Gasteiger partial charge >= 0.3 is 0 Å². The lowest BCUT2D eigenvalue weighted by atomic mass is 9.94. The monoisotopic (exact) mass is 313 g/mol. The molecule has 0 saturated heterocycles. The van der Waals surface area contributed by atoms with Crippen LogP contribution in [0.1, 0.15) is 42.5 Å². The molecule has 2 aliphatic rings. The van der Waals surface area contributed by atoms with E-state index in [4.69, 9.17) is 9.47 Å². The molecule has 1 amide bonds. The summed E-state index contributed by atoms with van der Waals surface area (Å²) in [4.78, 5) is 12.2. The number of benzene rings is 1. The molecule has 1 aromatic carbocycles. The van der Waals surface area contributed by atoms with Gasteiger partial charge in [-0.15, -0.1) is 0 Å². The van der Waals surface area contributed by atoms with Gasteiger partial charge in [-0.25, -0.2) is 0 Å². The van der Waals surface area contributed by atoms with Crippen LogP contribution >= 0.6 is 0 Å². The molecule has 0 unspecified atom stereocenters. The smallest absolute Gasteiger partial charge is 0.258 e. The fourth-order valence-corrected chi connectivity index (χ4v) is 3.21. The van der Waals surface area contributed by atoms with Crippen LogP contribution in [0, 0.1) is 0 Å². The second kappa shape index (κ2) is 5.30. The number of hydrogen-bond donors (Lipinski definition) is 1. The Bertz CT molecular complexity index is 747. The van der Waals surface area contributed by atoms with Gasteiger partial charge in [-0.2, -0.15) is 5.10 Å². The molecule has 2 aromatic rings. The first-order chi connectivity index (χ1) is 11.1. The number of amides is 1. The zero-order valence-corrected chi connectivity index (χ0v) is 13.0. The van der Waals surface area contributed by atoms with Gasteiger partial charge in [0.25, 0.3) is 11.7 Å². The van der Waals surface area contributed by atoms with Crippen LogP contribution in [0.5, 0.6) is 11.5 Å². The van der Waals surface area contributed by atoms with E-state index in [-0.39, 0.29) is 5.91 Å². The number of carbonyl (C=O) groups is 1. The Morgan fingerprint density at radius 2 is 2.00 bits per heavy atom. The maximum absolute atomic E-state index is 12.2. The third-order valence-corrected chi connectivity index (χ3v) is 4.38. The Morgan fingerprint density at radius 1 is 1.22 bits per heavy atom. The predicted molar refractivity (Wildman–Crippen MR) is 84.7 cm³/mol. The molecular weight excluding hydrogens is 294 g/mol. The van der Waals surface area contributed by atoms with Crippen LogP contribution in [0.4, 0.5) is 5.69 Å². The van der Waals surface area contributed by atoms with Crippen molar-refractivity contribution in [3.05, 3.63) is 36.2 Å². The third-order valence-electron chi connectivity index (χ3n) is 4.38. The van der Waals surface area contributed by atoms with E-state index in [1.54, 1.807) is 24.1 Å².